The lowest BCUT2D eigenvalue weighted by atomic mass is 9.85. The van der Waals surface area contributed by atoms with E-state index in [1.807, 2.05) is 12.2 Å². The van der Waals surface area contributed by atoms with Crippen LogP contribution in [0.25, 0.3) is 0 Å². The molecule has 50 heavy (non-hydrogen) atoms. The SMILES string of the molecule is CCCCCC/C=C\CC(O)CC(=O)NC(COP(=O)(O)OC1C(O)C(O)C(O)C(O)C1O)C(O)/C=C/CC/C=C/CCCCCCCCC. The molecule has 0 spiro atoms. The zero-order valence-corrected chi connectivity index (χ0v) is 30.9. The van der Waals surface area contributed by atoms with Crippen LogP contribution >= 0.6 is 7.82 Å². The lowest BCUT2D eigenvalue weighted by Gasteiger charge is -2.41. The fourth-order valence-corrected chi connectivity index (χ4v) is 6.51. The number of nitrogens with one attached hydrogen (secondary N) is 1. The first-order valence-electron chi connectivity index (χ1n) is 18.5. The molecule has 1 aliphatic rings. The molecule has 0 aromatic carbocycles. The van der Waals surface area contributed by atoms with E-state index >= 15 is 0 Å². The van der Waals surface area contributed by atoms with Crippen LogP contribution in [0.1, 0.15) is 123 Å². The largest absolute Gasteiger partial charge is 0.472 e. The average molecular weight is 736 g/mol. The van der Waals surface area contributed by atoms with Crippen LogP contribution in [0.15, 0.2) is 36.5 Å². The third kappa shape index (κ3) is 19.9. The molecule has 292 valence electrons. The van der Waals surface area contributed by atoms with Crippen LogP contribution in [0.5, 0.6) is 0 Å². The molecule has 8 unspecified atom stereocenters. The number of aliphatic hydroxyl groups is 7. The Labute approximate surface area is 298 Å². The predicted molar refractivity (Wildman–Crippen MR) is 192 cm³/mol. The second-order valence-electron chi connectivity index (χ2n) is 13.3. The molecule has 0 saturated heterocycles. The molecule has 1 fully saturated rings. The third-order valence-electron chi connectivity index (χ3n) is 8.70. The number of hydrogen-bond acceptors (Lipinski definition) is 11. The number of carbonyl (C=O) groups excluding carboxylic acids is 1. The van der Waals surface area contributed by atoms with Gasteiger partial charge in [-0.2, -0.15) is 0 Å². The van der Waals surface area contributed by atoms with Gasteiger partial charge >= 0.3 is 7.82 Å². The lowest BCUT2D eigenvalue weighted by Crippen LogP contribution is -2.64. The molecule has 0 bridgehead atoms. The summed E-state index contributed by atoms with van der Waals surface area (Å²) >= 11 is 0. The highest BCUT2D eigenvalue weighted by molar-refractivity contribution is 7.47. The predicted octanol–water partition coefficient (Wildman–Crippen LogP) is 3.85. The molecular weight excluding hydrogens is 669 g/mol. The van der Waals surface area contributed by atoms with Gasteiger partial charge in [-0.1, -0.05) is 108 Å². The molecule has 0 aromatic heterocycles. The fraction of sp³-hybridized carbons (Fsp3) is 0.806. The third-order valence-corrected chi connectivity index (χ3v) is 9.68. The first-order chi connectivity index (χ1) is 23.8. The molecule has 13 nitrogen and oxygen atoms in total. The first-order valence-corrected chi connectivity index (χ1v) is 20.0. The van der Waals surface area contributed by atoms with Gasteiger partial charge in [0.2, 0.25) is 5.91 Å². The molecule has 8 atom stereocenters. The normalized spacial score (nSPS) is 26.0. The van der Waals surface area contributed by atoms with Gasteiger partial charge in [-0.3, -0.25) is 13.8 Å². The van der Waals surface area contributed by atoms with Crippen molar-refractivity contribution in [2.24, 2.45) is 0 Å². The maximum Gasteiger partial charge on any atom is 0.472 e. The highest BCUT2D eigenvalue weighted by Crippen LogP contribution is 2.47. The van der Waals surface area contributed by atoms with Gasteiger partial charge < -0.3 is 46.0 Å². The Morgan fingerprint density at radius 1 is 0.700 bits per heavy atom. The van der Waals surface area contributed by atoms with E-state index in [1.54, 1.807) is 6.08 Å². The van der Waals surface area contributed by atoms with Gasteiger partial charge in [0.1, 0.15) is 36.6 Å². The van der Waals surface area contributed by atoms with E-state index in [2.05, 4.69) is 31.3 Å². The Kier molecular flexibility index (Phi) is 25.3. The van der Waals surface area contributed by atoms with Crippen molar-refractivity contribution in [3.05, 3.63) is 36.5 Å². The highest BCUT2D eigenvalue weighted by Gasteiger charge is 2.51. The first kappa shape index (κ1) is 46.5. The van der Waals surface area contributed by atoms with Gasteiger partial charge in [0.15, 0.2) is 0 Å². The van der Waals surface area contributed by atoms with Gasteiger partial charge in [-0.15, -0.1) is 0 Å². The molecule has 14 heteroatoms. The van der Waals surface area contributed by atoms with Crippen LogP contribution in [0, 0.1) is 0 Å². The van der Waals surface area contributed by atoms with E-state index in [1.165, 1.54) is 44.6 Å². The molecule has 1 aliphatic carbocycles. The molecule has 1 saturated carbocycles. The van der Waals surface area contributed by atoms with Crippen molar-refractivity contribution in [3.63, 3.8) is 0 Å². The number of carbonyl (C=O) groups is 1. The Hall–Kier alpha value is -1.48. The summed E-state index contributed by atoms with van der Waals surface area (Å²) in [4.78, 5) is 23.1. The van der Waals surface area contributed by atoms with Crippen LogP contribution in [-0.2, 0) is 18.4 Å². The van der Waals surface area contributed by atoms with Crippen molar-refractivity contribution >= 4 is 13.7 Å². The number of hydrogen-bond donors (Lipinski definition) is 9. The maximum atomic E-state index is 12.8. The summed E-state index contributed by atoms with van der Waals surface area (Å²) in [6.07, 6.45) is 13.0. The Morgan fingerprint density at radius 2 is 1.18 bits per heavy atom. The summed E-state index contributed by atoms with van der Waals surface area (Å²) < 4.78 is 22.6. The lowest BCUT2D eigenvalue weighted by molar-refractivity contribution is -0.220. The zero-order chi connectivity index (χ0) is 37.4. The zero-order valence-electron chi connectivity index (χ0n) is 30.0. The molecule has 0 heterocycles. The minimum Gasteiger partial charge on any atom is -0.392 e. The number of amides is 1. The van der Waals surface area contributed by atoms with Gasteiger partial charge in [0.05, 0.1) is 31.3 Å². The summed E-state index contributed by atoms with van der Waals surface area (Å²) in [5.74, 6) is -0.643. The summed E-state index contributed by atoms with van der Waals surface area (Å²) in [6, 6.07) is -1.27. The average Bonchev–Trinajstić information content (AvgIpc) is 3.08. The van der Waals surface area contributed by atoms with E-state index in [0.29, 0.717) is 6.42 Å². The molecule has 1 rings (SSSR count). The standard InChI is InChI=1S/C36H66NO12P/c1-3-5-7-9-11-12-13-14-15-16-18-20-22-24-29(39)28(37-30(40)25-27(38)23-21-19-17-10-8-6-4-2)26-48-50(46,47)49-36-34(44)32(42)31(41)33(43)35(36)45/h15-16,19,21-22,24,27-29,31-36,38-39,41-45H,3-14,17-18,20,23,25-26H2,1-2H3,(H,37,40)(H,46,47)/b16-15+,21-19-,24-22+. The number of aliphatic hydroxyl groups excluding tert-OH is 7. The number of phosphoric acid groups is 1. The minimum absolute atomic E-state index is 0.245. The van der Waals surface area contributed by atoms with E-state index in [4.69, 9.17) is 9.05 Å². The second-order valence-corrected chi connectivity index (χ2v) is 14.7. The summed E-state index contributed by atoms with van der Waals surface area (Å²) in [5, 5.41) is 73.7. The van der Waals surface area contributed by atoms with Crippen molar-refractivity contribution in [2.45, 2.75) is 178 Å². The van der Waals surface area contributed by atoms with Crippen molar-refractivity contribution in [1.82, 2.24) is 5.32 Å². The van der Waals surface area contributed by atoms with Crippen molar-refractivity contribution in [1.29, 1.82) is 0 Å². The molecule has 0 aliphatic heterocycles. The maximum absolute atomic E-state index is 12.8. The van der Waals surface area contributed by atoms with Gasteiger partial charge in [0.25, 0.3) is 0 Å². The van der Waals surface area contributed by atoms with Crippen molar-refractivity contribution in [3.8, 4) is 0 Å². The van der Waals surface area contributed by atoms with Crippen molar-refractivity contribution in [2.75, 3.05) is 6.61 Å². The molecule has 1 amide bonds. The number of phosphoric ester groups is 1. The number of allylic oxidation sites excluding steroid dienone is 4. The van der Waals surface area contributed by atoms with Gasteiger partial charge in [0, 0.05) is 0 Å². The topological polar surface area (TPSA) is 226 Å². The number of unbranched alkanes of at least 4 members (excludes halogenated alkanes) is 12. The molecule has 0 radical (unpaired) electrons. The van der Waals surface area contributed by atoms with Crippen LogP contribution in [0.4, 0.5) is 0 Å². The quantitative estimate of drug-likeness (QED) is 0.0317. The highest BCUT2D eigenvalue weighted by atomic mass is 31.2. The monoisotopic (exact) mass is 735 g/mol. The Balaban J connectivity index is 2.75. The van der Waals surface area contributed by atoms with Gasteiger partial charge in [-0.25, -0.2) is 4.57 Å². The Bertz CT molecular complexity index is 1010. The van der Waals surface area contributed by atoms with E-state index < -0.39 is 75.2 Å². The number of rotatable bonds is 28. The summed E-state index contributed by atoms with van der Waals surface area (Å²) in [7, 11) is -5.14. The second kappa shape index (κ2) is 27.2. The van der Waals surface area contributed by atoms with E-state index in [-0.39, 0.29) is 12.8 Å². The van der Waals surface area contributed by atoms with Crippen LogP contribution in [0.3, 0.4) is 0 Å². The minimum atomic E-state index is -5.14. The van der Waals surface area contributed by atoms with Crippen LogP contribution < -0.4 is 5.32 Å². The van der Waals surface area contributed by atoms with Crippen molar-refractivity contribution < 1.29 is 59.0 Å². The van der Waals surface area contributed by atoms with Crippen LogP contribution in [-0.4, -0.2) is 108 Å². The summed E-state index contributed by atoms with van der Waals surface area (Å²) in [5.41, 5.74) is 0. The van der Waals surface area contributed by atoms with E-state index in [0.717, 1.165) is 51.4 Å². The smallest absolute Gasteiger partial charge is 0.392 e. The molecule has 0 aromatic rings. The Morgan fingerprint density at radius 3 is 1.78 bits per heavy atom. The van der Waals surface area contributed by atoms with Gasteiger partial charge in [-0.05, 0) is 44.9 Å². The fourth-order valence-electron chi connectivity index (χ4n) is 5.55. The molecular formula is C36H66NO12P. The van der Waals surface area contributed by atoms with E-state index in [9.17, 15) is 50.0 Å². The summed E-state index contributed by atoms with van der Waals surface area (Å²) in [6.45, 7) is 3.58. The molecule has 9 N–H and O–H groups in total. The van der Waals surface area contributed by atoms with Crippen LogP contribution in [0.2, 0.25) is 0 Å².